The Morgan fingerprint density at radius 1 is 1.09 bits per heavy atom. The first-order valence-electron chi connectivity index (χ1n) is 10.6. The van der Waals surface area contributed by atoms with Gasteiger partial charge in [0.05, 0.1) is 18.2 Å². The summed E-state index contributed by atoms with van der Waals surface area (Å²) in [6.45, 7) is 1.84. The number of esters is 1. The van der Waals surface area contributed by atoms with Gasteiger partial charge in [0, 0.05) is 17.5 Å². The van der Waals surface area contributed by atoms with Crippen LogP contribution in [0.25, 0.3) is 11.1 Å². The minimum Gasteiger partial charge on any atom is -0.467 e. The van der Waals surface area contributed by atoms with Crippen LogP contribution in [0.5, 0.6) is 0 Å². The second-order valence-electron chi connectivity index (χ2n) is 7.90. The van der Waals surface area contributed by atoms with E-state index in [1.165, 1.54) is 19.4 Å². The molecular weight excluding hydrogens is 468 g/mol. The number of hydrogen-bond acceptors (Lipinski definition) is 7. The molecule has 0 aromatic heterocycles. The predicted molar refractivity (Wildman–Crippen MR) is 133 cm³/mol. The summed E-state index contributed by atoms with van der Waals surface area (Å²) in [6.07, 6.45) is 1.68. The molecule has 5 N–H and O–H groups in total. The Labute approximate surface area is 203 Å². The fourth-order valence-electron chi connectivity index (χ4n) is 3.62. The summed E-state index contributed by atoms with van der Waals surface area (Å²) in [4.78, 5) is 25.2. The monoisotopic (exact) mass is 494 g/mol. The Kier molecular flexibility index (Phi) is 8.00. The second kappa shape index (κ2) is 10.9. The average Bonchev–Trinajstić information content (AvgIpc) is 2.83. The Morgan fingerprint density at radius 3 is 2.43 bits per heavy atom. The van der Waals surface area contributed by atoms with E-state index in [9.17, 15) is 18.0 Å². The quantitative estimate of drug-likeness (QED) is 0.189. The molecular formula is C25H26N4O5S. The maximum absolute atomic E-state index is 12.9. The summed E-state index contributed by atoms with van der Waals surface area (Å²) >= 11 is 0. The number of aryl methyl sites for hydroxylation is 1. The molecule has 35 heavy (non-hydrogen) atoms. The molecule has 9 nitrogen and oxygen atoms in total. The van der Waals surface area contributed by atoms with E-state index >= 15 is 0 Å². The number of carbonyl (C=O) groups is 2. The number of amides is 1. The van der Waals surface area contributed by atoms with E-state index < -0.39 is 27.9 Å². The van der Waals surface area contributed by atoms with E-state index in [0.29, 0.717) is 11.1 Å². The molecule has 3 aromatic rings. The first kappa shape index (κ1) is 25.6. The molecule has 1 amide bonds. The van der Waals surface area contributed by atoms with Crippen LogP contribution in [0.2, 0.25) is 0 Å². The summed E-state index contributed by atoms with van der Waals surface area (Å²) in [5.41, 5.74) is 3.70. The molecule has 0 fully saturated rings. The molecule has 0 radical (unpaired) electrons. The third-order valence-corrected chi connectivity index (χ3v) is 6.27. The Bertz CT molecular complexity index is 1370. The molecule has 0 saturated heterocycles. The van der Waals surface area contributed by atoms with Gasteiger partial charge < -0.3 is 15.9 Å². The van der Waals surface area contributed by atoms with Crippen LogP contribution in [-0.2, 0) is 26.0 Å². The van der Waals surface area contributed by atoms with Crippen LogP contribution in [0.1, 0.15) is 27.0 Å². The van der Waals surface area contributed by atoms with Crippen molar-refractivity contribution in [3.63, 3.8) is 0 Å². The molecule has 0 saturated carbocycles. The molecule has 0 unspecified atom stereocenters. The van der Waals surface area contributed by atoms with Crippen LogP contribution in [0, 0.1) is 6.92 Å². The molecule has 182 valence electrons. The standard InChI is InChI=1S/C25H26N4O5S/c1-16-6-11-23(35(27,32)33)21(12-16)19-7-9-20(10-8-19)24(30)29-22(25(31)34-2)14-17-4-3-5-18(13-17)15-28-26/h3-13,15,22H,14,26H2,1-2H3,(H,29,30)(H2,27,32,33)/t22-/m0/s1. The van der Waals surface area contributed by atoms with Gasteiger partial charge in [0.25, 0.3) is 5.91 Å². The number of primary sulfonamides is 1. The van der Waals surface area contributed by atoms with E-state index in [2.05, 4.69) is 10.4 Å². The number of ether oxygens (including phenoxy) is 1. The number of nitrogens with zero attached hydrogens (tertiary/aromatic N) is 1. The summed E-state index contributed by atoms with van der Waals surface area (Å²) in [6, 6.07) is 17.5. The van der Waals surface area contributed by atoms with Gasteiger partial charge in [0.1, 0.15) is 6.04 Å². The third kappa shape index (κ3) is 6.52. The number of benzene rings is 3. The molecule has 10 heteroatoms. The molecule has 0 spiro atoms. The summed E-state index contributed by atoms with van der Waals surface area (Å²) in [5, 5.41) is 11.6. The SMILES string of the molecule is COC(=O)[C@H](Cc1cccc(C=NN)c1)NC(=O)c1ccc(-c2cc(C)ccc2S(N)(=O)=O)cc1. The van der Waals surface area contributed by atoms with Crippen molar-refractivity contribution in [2.45, 2.75) is 24.3 Å². The van der Waals surface area contributed by atoms with Crippen LogP contribution in [-0.4, -0.2) is 39.7 Å². The van der Waals surface area contributed by atoms with Crippen molar-refractivity contribution in [2.24, 2.45) is 16.1 Å². The number of methoxy groups -OCH3 is 1. The minimum absolute atomic E-state index is 0.00651. The van der Waals surface area contributed by atoms with E-state index in [1.54, 1.807) is 48.5 Å². The first-order chi connectivity index (χ1) is 16.6. The molecule has 0 aliphatic heterocycles. The fourth-order valence-corrected chi connectivity index (χ4v) is 4.36. The van der Waals surface area contributed by atoms with Crippen LogP contribution in [0.4, 0.5) is 0 Å². The number of rotatable bonds is 8. The van der Waals surface area contributed by atoms with E-state index in [0.717, 1.165) is 16.7 Å². The van der Waals surface area contributed by atoms with E-state index in [4.69, 9.17) is 15.7 Å². The normalized spacial score (nSPS) is 12.3. The van der Waals surface area contributed by atoms with E-state index in [1.807, 2.05) is 19.1 Å². The van der Waals surface area contributed by atoms with Crippen molar-refractivity contribution >= 4 is 28.1 Å². The number of carbonyl (C=O) groups excluding carboxylic acids is 2. The Balaban J connectivity index is 1.83. The second-order valence-corrected chi connectivity index (χ2v) is 9.43. The van der Waals surface area contributed by atoms with Crippen LogP contribution >= 0.6 is 0 Å². The summed E-state index contributed by atoms with van der Waals surface area (Å²) in [5.74, 6) is 4.12. The molecule has 1 atom stereocenters. The number of nitrogens with one attached hydrogen (secondary N) is 1. The van der Waals surface area contributed by atoms with Gasteiger partial charge in [-0.3, -0.25) is 4.79 Å². The van der Waals surface area contributed by atoms with Gasteiger partial charge in [-0.1, -0.05) is 54.1 Å². The zero-order chi connectivity index (χ0) is 25.6. The van der Waals surface area contributed by atoms with Gasteiger partial charge in [0.2, 0.25) is 10.0 Å². The lowest BCUT2D eigenvalue weighted by molar-refractivity contribution is -0.142. The lowest BCUT2D eigenvalue weighted by Gasteiger charge is -2.17. The first-order valence-corrected chi connectivity index (χ1v) is 12.1. The fraction of sp³-hybridized carbons (Fsp3) is 0.160. The highest BCUT2D eigenvalue weighted by atomic mass is 32.2. The van der Waals surface area contributed by atoms with Gasteiger partial charge in [-0.2, -0.15) is 5.10 Å². The van der Waals surface area contributed by atoms with Crippen molar-refractivity contribution in [1.82, 2.24) is 5.32 Å². The topological polar surface area (TPSA) is 154 Å². The van der Waals surface area contributed by atoms with Crippen molar-refractivity contribution in [2.75, 3.05) is 7.11 Å². The highest BCUT2D eigenvalue weighted by Gasteiger charge is 2.23. The highest BCUT2D eigenvalue weighted by Crippen LogP contribution is 2.28. The maximum Gasteiger partial charge on any atom is 0.328 e. The number of hydrazone groups is 1. The lowest BCUT2D eigenvalue weighted by Crippen LogP contribution is -2.43. The lowest BCUT2D eigenvalue weighted by atomic mass is 10.0. The molecule has 3 rings (SSSR count). The van der Waals surface area contributed by atoms with Gasteiger partial charge in [-0.25, -0.2) is 18.4 Å². The van der Waals surface area contributed by atoms with Gasteiger partial charge in [-0.15, -0.1) is 0 Å². The number of nitrogens with two attached hydrogens (primary N) is 2. The minimum atomic E-state index is -3.94. The highest BCUT2D eigenvalue weighted by molar-refractivity contribution is 7.89. The van der Waals surface area contributed by atoms with Crippen molar-refractivity contribution in [3.05, 3.63) is 89.0 Å². The molecule has 0 heterocycles. The zero-order valence-corrected chi connectivity index (χ0v) is 20.1. The maximum atomic E-state index is 12.9. The predicted octanol–water partition coefficient (Wildman–Crippen LogP) is 2.12. The van der Waals surface area contributed by atoms with Gasteiger partial charge >= 0.3 is 5.97 Å². The molecule has 0 bridgehead atoms. The van der Waals surface area contributed by atoms with Crippen molar-refractivity contribution in [3.8, 4) is 11.1 Å². The van der Waals surface area contributed by atoms with Crippen molar-refractivity contribution in [1.29, 1.82) is 0 Å². The van der Waals surface area contributed by atoms with Crippen LogP contribution in [0.3, 0.4) is 0 Å². The van der Waals surface area contributed by atoms with Gasteiger partial charge in [0.15, 0.2) is 0 Å². The Morgan fingerprint density at radius 2 is 1.80 bits per heavy atom. The zero-order valence-electron chi connectivity index (χ0n) is 19.3. The summed E-state index contributed by atoms with van der Waals surface area (Å²) < 4.78 is 28.8. The average molecular weight is 495 g/mol. The molecule has 3 aromatic carbocycles. The molecule has 0 aliphatic rings. The largest absolute Gasteiger partial charge is 0.467 e. The van der Waals surface area contributed by atoms with E-state index in [-0.39, 0.29) is 16.9 Å². The third-order valence-electron chi connectivity index (χ3n) is 5.31. The number of sulfonamides is 1. The summed E-state index contributed by atoms with van der Waals surface area (Å²) in [7, 11) is -2.69. The molecule has 0 aliphatic carbocycles. The smallest absolute Gasteiger partial charge is 0.328 e. The van der Waals surface area contributed by atoms with Crippen molar-refractivity contribution < 1.29 is 22.7 Å². The van der Waals surface area contributed by atoms with Crippen LogP contribution < -0.4 is 16.3 Å². The van der Waals surface area contributed by atoms with Gasteiger partial charge in [-0.05, 0) is 41.8 Å². The van der Waals surface area contributed by atoms with Crippen LogP contribution in [0.15, 0.2) is 76.7 Å². The Hall–Kier alpha value is -4.02. The number of hydrogen-bond donors (Lipinski definition) is 3.